The first-order valence-electron chi connectivity index (χ1n) is 4.81. The van der Waals surface area contributed by atoms with E-state index in [4.69, 9.17) is 9.47 Å². The molecule has 0 amide bonds. The van der Waals surface area contributed by atoms with Crippen LogP contribution >= 0.6 is 0 Å². The summed E-state index contributed by atoms with van der Waals surface area (Å²) in [5, 5.41) is 0. The molecule has 1 aliphatic heterocycles. The van der Waals surface area contributed by atoms with Crippen LogP contribution in [-0.2, 0) is 19.0 Å². The summed E-state index contributed by atoms with van der Waals surface area (Å²) in [7, 11) is 0. The van der Waals surface area contributed by atoms with Crippen molar-refractivity contribution in [1.82, 2.24) is 0 Å². The molecular formula is C10H15FO4. The number of esters is 1. The highest BCUT2D eigenvalue weighted by Crippen LogP contribution is 2.23. The van der Waals surface area contributed by atoms with Crippen LogP contribution in [0.25, 0.3) is 0 Å². The van der Waals surface area contributed by atoms with Gasteiger partial charge in [-0.25, -0.2) is 4.79 Å². The quantitative estimate of drug-likeness (QED) is 0.532. The van der Waals surface area contributed by atoms with E-state index in [9.17, 15) is 9.18 Å². The molecule has 0 aromatic heterocycles. The average Bonchev–Trinajstić information content (AvgIpc) is 2.46. The molecule has 4 nitrogen and oxygen atoms in total. The molecule has 0 spiro atoms. The van der Waals surface area contributed by atoms with Crippen molar-refractivity contribution in [3.8, 4) is 0 Å². The third-order valence-corrected chi connectivity index (χ3v) is 1.83. The van der Waals surface area contributed by atoms with Crippen LogP contribution in [0.1, 0.15) is 20.8 Å². The molecular weight excluding hydrogens is 203 g/mol. The Bertz CT molecular complexity index is 273. The molecule has 0 N–H and O–H groups in total. The van der Waals surface area contributed by atoms with Crippen LogP contribution in [0.3, 0.4) is 0 Å². The Balaban J connectivity index is 2.53. The molecule has 0 saturated carbocycles. The monoisotopic (exact) mass is 218 g/mol. The van der Waals surface area contributed by atoms with E-state index in [2.05, 4.69) is 4.74 Å². The predicted octanol–water partition coefficient (Wildman–Crippen LogP) is 1.55. The summed E-state index contributed by atoms with van der Waals surface area (Å²) < 4.78 is 28.1. The molecule has 86 valence electrons. The maximum atomic E-state index is 13.1. The molecule has 0 bridgehead atoms. The lowest BCUT2D eigenvalue weighted by Gasteiger charge is -2.15. The molecule has 0 unspecified atom stereocenters. The Morgan fingerprint density at radius 1 is 1.67 bits per heavy atom. The Kier molecular flexibility index (Phi) is 3.82. The molecule has 0 aromatic rings. The minimum absolute atomic E-state index is 0.146. The van der Waals surface area contributed by atoms with Crippen LogP contribution < -0.4 is 0 Å². The molecule has 1 heterocycles. The van der Waals surface area contributed by atoms with Gasteiger partial charge in [0.05, 0.1) is 13.2 Å². The predicted molar refractivity (Wildman–Crippen MR) is 50.7 cm³/mol. The van der Waals surface area contributed by atoms with Gasteiger partial charge >= 0.3 is 5.97 Å². The smallest absolute Gasteiger partial charge is 0.366 e. The van der Waals surface area contributed by atoms with Gasteiger partial charge in [-0.2, -0.15) is 4.39 Å². The molecule has 1 rings (SSSR count). The van der Waals surface area contributed by atoms with Gasteiger partial charge in [0.15, 0.2) is 5.79 Å². The first kappa shape index (κ1) is 12.1. The summed E-state index contributed by atoms with van der Waals surface area (Å²) in [6.45, 7) is 5.45. The average molecular weight is 218 g/mol. The third kappa shape index (κ3) is 3.60. The molecule has 0 radical (unpaired) electrons. The fraction of sp³-hybridized carbons (Fsp3) is 0.700. The Hall–Kier alpha value is -0.940. The molecule has 1 saturated heterocycles. The van der Waals surface area contributed by atoms with Gasteiger partial charge in [-0.1, -0.05) is 0 Å². The zero-order valence-electron chi connectivity index (χ0n) is 9.08. The largest absolute Gasteiger partial charge is 0.461 e. The van der Waals surface area contributed by atoms with Crippen molar-refractivity contribution in [2.24, 2.45) is 0 Å². The van der Waals surface area contributed by atoms with Crippen LogP contribution in [0.15, 0.2) is 11.9 Å². The molecule has 0 aromatic carbocycles. The Labute approximate surface area is 88.0 Å². The SMILES string of the molecule is CCOC(=O)C(F)=C[C@@H]1COC(C)(C)O1. The highest BCUT2D eigenvalue weighted by atomic mass is 19.1. The number of carbonyl (C=O) groups is 1. The summed E-state index contributed by atoms with van der Waals surface area (Å²) in [5.74, 6) is -2.63. The molecule has 15 heavy (non-hydrogen) atoms. The van der Waals surface area contributed by atoms with Crippen molar-refractivity contribution in [2.75, 3.05) is 13.2 Å². The Morgan fingerprint density at radius 2 is 2.33 bits per heavy atom. The van der Waals surface area contributed by atoms with Crippen molar-refractivity contribution in [1.29, 1.82) is 0 Å². The van der Waals surface area contributed by atoms with Gasteiger partial charge in [-0.05, 0) is 26.8 Å². The summed E-state index contributed by atoms with van der Waals surface area (Å²) in [4.78, 5) is 10.9. The minimum atomic E-state index is -0.967. The minimum Gasteiger partial charge on any atom is -0.461 e. The van der Waals surface area contributed by atoms with Crippen LogP contribution in [0, 0.1) is 0 Å². The number of carbonyl (C=O) groups excluding carboxylic acids is 1. The lowest BCUT2D eigenvalue weighted by atomic mass is 10.3. The van der Waals surface area contributed by atoms with Gasteiger partial charge in [-0.3, -0.25) is 0 Å². The molecule has 1 fully saturated rings. The summed E-state index contributed by atoms with van der Waals surface area (Å²) in [6.07, 6.45) is 0.539. The van der Waals surface area contributed by atoms with Crippen molar-refractivity contribution in [2.45, 2.75) is 32.7 Å². The second kappa shape index (κ2) is 4.72. The van der Waals surface area contributed by atoms with Gasteiger partial charge in [-0.15, -0.1) is 0 Å². The summed E-state index contributed by atoms with van der Waals surface area (Å²) >= 11 is 0. The van der Waals surface area contributed by atoms with E-state index in [1.165, 1.54) is 0 Å². The first-order valence-corrected chi connectivity index (χ1v) is 4.81. The van der Waals surface area contributed by atoms with Crippen molar-refractivity contribution in [3.63, 3.8) is 0 Å². The second-order valence-corrected chi connectivity index (χ2v) is 3.60. The fourth-order valence-corrected chi connectivity index (χ4v) is 1.23. The van der Waals surface area contributed by atoms with Crippen LogP contribution in [0.5, 0.6) is 0 Å². The van der Waals surface area contributed by atoms with Crippen molar-refractivity contribution >= 4 is 5.97 Å². The van der Waals surface area contributed by atoms with Crippen LogP contribution in [-0.4, -0.2) is 31.1 Å². The van der Waals surface area contributed by atoms with Gasteiger partial charge in [0.25, 0.3) is 0 Å². The van der Waals surface area contributed by atoms with E-state index >= 15 is 0 Å². The zero-order chi connectivity index (χ0) is 11.5. The maximum absolute atomic E-state index is 13.1. The van der Waals surface area contributed by atoms with Gasteiger partial charge in [0, 0.05) is 0 Å². The second-order valence-electron chi connectivity index (χ2n) is 3.60. The topological polar surface area (TPSA) is 44.8 Å². The van der Waals surface area contributed by atoms with Gasteiger partial charge < -0.3 is 14.2 Å². The number of hydrogen-bond acceptors (Lipinski definition) is 4. The van der Waals surface area contributed by atoms with Gasteiger partial charge in [0.2, 0.25) is 5.83 Å². The normalized spacial score (nSPS) is 25.3. The van der Waals surface area contributed by atoms with Crippen molar-refractivity contribution < 1.29 is 23.4 Å². The van der Waals surface area contributed by atoms with E-state index in [1.807, 2.05) is 0 Å². The van der Waals surface area contributed by atoms with Gasteiger partial charge in [0.1, 0.15) is 6.10 Å². The zero-order valence-corrected chi connectivity index (χ0v) is 9.08. The molecule has 1 atom stereocenters. The maximum Gasteiger partial charge on any atom is 0.366 e. The first-order chi connectivity index (χ1) is 6.94. The number of hydrogen-bond donors (Lipinski definition) is 0. The number of halogens is 1. The van der Waals surface area contributed by atoms with Crippen LogP contribution in [0.4, 0.5) is 4.39 Å². The fourth-order valence-electron chi connectivity index (χ4n) is 1.23. The lowest BCUT2D eigenvalue weighted by Crippen LogP contribution is -2.21. The van der Waals surface area contributed by atoms with Crippen LogP contribution in [0.2, 0.25) is 0 Å². The Morgan fingerprint density at radius 3 is 2.80 bits per heavy atom. The van der Waals surface area contributed by atoms with E-state index in [0.717, 1.165) is 6.08 Å². The highest BCUT2D eigenvalue weighted by Gasteiger charge is 2.32. The highest BCUT2D eigenvalue weighted by molar-refractivity contribution is 5.85. The molecule has 1 aliphatic rings. The molecule has 5 heteroatoms. The molecule has 0 aliphatic carbocycles. The number of ether oxygens (including phenoxy) is 3. The van der Waals surface area contributed by atoms with Crippen molar-refractivity contribution in [3.05, 3.63) is 11.9 Å². The summed E-state index contributed by atoms with van der Waals surface area (Å²) in [6, 6.07) is 0. The van der Waals surface area contributed by atoms with E-state index in [-0.39, 0.29) is 13.2 Å². The van der Waals surface area contributed by atoms with E-state index in [0.29, 0.717) is 0 Å². The standard InChI is InChI=1S/C10H15FO4/c1-4-13-9(12)8(11)5-7-6-14-10(2,3)15-7/h5,7H,4,6H2,1-3H3/t7-/m1/s1. The summed E-state index contributed by atoms with van der Waals surface area (Å²) in [5.41, 5.74) is 0. The van der Waals surface area contributed by atoms with E-state index < -0.39 is 23.7 Å². The van der Waals surface area contributed by atoms with E-state index in [1.54, 1.807) is 20.8 Å². The lowest BCUT2D eigenvalue weighted by molar-refractivity contribution is -0.141. The third-order valence-electron chi connectivity index (χ3n) is 1.83. The number of rotatable bonds is 3.